The first kappa shape index (κ1) is 40.2. The molecule has 0 radical (unpaired) electrons. The lowest BCUT2D eigenvalue weighted by molar-refractivity contribution is -0.134. The third-order valence-electron chi connectivity index (χ3n) is 7.88. The highest BCUT2D eigenvalue weighted by Crippen LogP contribution is 2.34. The molecule has 1 heterocycles. The maximum atomic E-state index is 12.4. The normalized spacial score (nSPS) is 12.4. The van der Waals surface area contributed by atoms with E-state index >= 15 is 0 Å². The maximum absolute atomic E-state index is 12.4. The van der Waals surface area contributed by atoms with Gasteiger partial charge in [0.05, 0.1) is 27.6 Å². The van der Waals surface area contributed by atoms with E-state index in [2.05, 4.69) is 40.7 Å². The van der Waals surface area contributed by atoms with E-state index in [1.165, 1.54) is 42.5 Å². The average Bonchev–Trinajstić information content (AvgIpc) is 3.15. The number of nitrogens with zero attached hydrogens (tertiary/aromatic N) is 7. The molecular formula is C35H28N8O11S3. The summed E-state index contributed by atoms with van der Waals surface area (Å²) in [5.41, 5.74) is 1.50. The molecule has 0 spiro atoms. The summed E-state index contributed by atoms with van der Waals surface area (Å²) in [6.45, 7) is -0.542. The Labute approximate surface area is 324 Å². The van der Waals surface area contributed by atoms with Crippen molar-refractivity contribution in [3.05, 3.63) is 126 Å². The van der Waals surface area contributed by atoms with Gasteiger partial charge < -0.3 is 10.4 Å². The van der Waals surface area contributed by atoms with Crippen molar-refractivity contribution < 1.29 is 48.8 Å². The molecule has 5 N–H and O–H groups in total. The number of nitrogens with one attached hydrogen (secondary N) is 1. The molecule has 19 nitrogen and oxygen atoms in total. The lowest BCUT2D eigenvalue weighted by atomic mass is 10.1. The molecule has 0 atom stereocenters. The number of hydrogen-bond donors (Lipinski definition) is 5. The van der Waals surface area contributed by atoms with Crippen molar-refractivity contribution in [2.24, 2.45) is 20.5 Å². The van der Waals surface area contributed by atoms with Crippen molar-refractivity contribution in [2.75, 3.05) is 11.9 Å². The van der Waals surface area contributed by atoms with Crippen LogP contribution < -0.4 is 5.32 Å². The van der Waals surface area contributed by atoms with E-state index < -0.39 is 57.6 Å². The predicted molar refractivity (Wildman–Crippen MR) is 203 cm³/mol. The number of rotatable bonds is 14. The molecule has 0 saturated heterocycles. The Morgan fingerprint density at radius 1 is 0.544 bits per heavy atom. The molecule has 6 rings (SSSR count). The molecule has 0 aliphatic rings. The number of aliphatic carboxylic acids is 1. The standard InChI is InChI=1S/C35H28N8O11S3/c44-34(45)20-36-35-38-32(37-33(39-35)16-22-11-14-25(18-30(22)56(49,50)51)42-40-23-5-2-1-3-6-23)15-21-9-12-24(13-10-21)41-43-26-17-28-27(31(19-26)57(52,53)54)7-4-8-29(28)55(46,47)48/h1-14,17-19H,15-16,20H2,(H,44,45)(H,46,47,48)(H,49,50,51)(H,52,53,54)(H,36,37,38,39). The molecule has 0 saturated carbocycles. The van der Waals surface area contributed by atoms with E-state index in [0.29, 0.717) is 11.3 Å². The number of carboxylic acid groups (broad SMARTS) is 1. The highest BCUT2D eigenvalue weighted by Gasteiger charge is 2.22. The Kier molecular flexibility index (Phi) is 11.5. The van der Waals surface area contributed by atoms with Crippen molar-refractivity contribution >= 4 is 75.8 Å². The minimum atomic E-state index is -4.86. The summed E-state index contributed by atoms with van der Waals surface area (Å²) < 4.78 is 103. The Bertz CT molecular complexity index is 2910. The molecule has 0 bridgehead atoms. The number of anilines is 1. The number of carbonyl (C=O) groups is 1. The second-order valence-electron chi connectivity index (χ2n) is 12.0. The summed E-state index contributed by atoms with van der Waals surface area (Å²) in [6, 6.07) is 24.8. The van der Waals surface area contributed by atoms with Gasteiger partial charge in [-0.1, -0.05) is 48.5 Å². The molecule has 0 aliphatic heterocycles. The summed E-state index contributed by atoms with van der Waals surface area (Å²) >= 11 is 0. The van der Waals surface area contributed by atoms with Crippen LogP contribution in [0.5, 0.6) is 0 Å². The fraction of sp³-hybridized carbons (Fsp3) is 0.0857. The minimum absolute atomic E-state index is 0.0404. The second kappa shape index (κ2) is 16.4. The predicted octanol–water partition coefficient (Wildman–Crippen LogP) is 6.27. The second-order valence-corrected chi connectivity index (χ2v) is 16.2. The van der Waals surface area contributed by atoms with Crippen molar-refractivity contribution in [3.8, 4) is 0 Å². The van der Waals surface area contributed by atoms with Crippen LogP contribution in [0.25, 0.3) is 10.8 Å². The lowest BCUT2D eigenvalue weighted by Gasteiger charge is -2.11. The highest BCUT2D eigenvalue weighted by molar-refractivity contribution is 7.86. The van der Waals surface area contributed by atoms with E-state index in [4.69, 9.17) is 0 Å². The summed E-state index contributed by atoms with van der Waals surface area (Å²) in [7, 11) is -14.4. The molecule has 0 unspecified atom stereocenters. The number of hydrogen-bond acceptors (Lipinski definition) is 15. The van der Waals surface area contributed by atoms with Crippen LogP contribution in [-0.2, 0) is 48.0 Å². The van der Waals surface area contributed by atoms with Crippen LogP contribution in [0.4, 0.5) is 28.7 Å². The molecule has 0 fully saturated rings. The zero-order chi connectivity index (χ0) is 41.0. The molecule has 292 valence electrons. The van der Waals surface area contributed by atoms with Crippen LogP contribution in [-0.4, -0.2) is 71.5 Å². The van der Waals surface area contributed by atoms with Crippen LogP contribution in [0.2, 0.25) is 0 Å². The van der Waals surface area contributed by atoms with Gasteiger partial charge in [0.2, 0.25) is 5.95 Å². The van der Waals surface area contributed by atoms with Gasteiger partial charge in [-0.25, -0.2) is 4.98 Å². The number of fused-ring (bicyclic) bond motifs is 1. The van der Waals surface area contributed by atoms with Gasteiger partial charge in [-0.2, -0.15) is 55.7 Å². The monoisotopic (exact) mass is 832 g/mol. The van der Waals surface area contributed by atoms with Gasteiger partial charge in [-0.3, -0.25) is 18.5 Å². The van der Waals surface area contributed by atoms with E-state index in [9.17, 15) is 48.8 Å². The SMILES string of the molecule is O=C(O)CNc1nc(Cc2ccc(N=Nc3cc(S(=O)(=O)O)c4cccc(S(=O)(=O)O)c4c3)cc2)nc(Cc2ccc(N=Nc3ccccc3)cc2S(=O)(=O)O)n1. The Morgan fingerprint density at radius 3 is 1.74 bits per heavy atom. The smallest absolute Gasteiger partial charge is 0.322 e. The third-order valence-corrected chi connectivity index (χ3v) is 10.6. The number of azo groups is 2. The van der Waals surface area contributed by atoms with Crippen LogP contribution >= 0.6 is 0 Å². The molecule has 5 aromatic carbocycles. The van der Waals surface area contributed by atoms with Gasteiger partial charge in [-0.05, 0) is 65.7 Å². The Balaban J connectivity index is 1.26. The van der Waals surface area contributed by atoms with E-state index in [-0.39, 0.29) is 63.8 Å². The fourth-order valence-corrected chi connectivity index (χ4v) is 7.58. The van der Waals surface area contributed by atoms with Crippen LogP contribution in [0.1, 0.15) is 22.8 Å². The third kappa shape index (κ3) is 10.5. The molecule has 0 aliphatic carbocycles. The number of carboxylic acids is 1. The zero-order valence-corrected chi connectivity index (χ0v) is 31.4. The van der Waals surface area contributed by atoms with Gasteiger partial charge in [0.25, 0.3) is 30.4 Å². The van der Waals surface area contributed by atoms with E-state index in [0.717, 1.165) is 18.2 Å². The molecule has 1 aromatic heterocycles. The first-order chi connectivity index (χ1) is 26.9. The van der Waals surface area contributed by atoms with Crippen LogP contribution in [0, 0.1) is 0 Å². The summed E-state index contributed by atoms with van der Waals surface area (Å²) in [5, 5.41) is 27.6. The largest absolute Gasteiger partial charge is 0.480 e. The minimum Gasteiger partial charge on any atom is -0.480 e. The first-order valence-electron chi connectivity index (χ1n) is 16.2. The summed E-state index contributed by atoms with van der Waals surface area (Å²) in [6.07, 6.45) is -0.152. The van der Waals surface area contributed by atoms with Crippen molar-refractivity contribution in [1.82, 2.24) is 15.0 Å². The van der Waals surface area contributed by atoms with Gasteiger partial charge in [-0.15, -0.1) is 0 Å². The average molecular weight is 833 g/mol. The molecule has 57 heavy (non-hydrogen) atoms. The highest BCUT2D eigenvalue weighted by atomic mass is 32.2. The molecular weight excluding hydrogens is 805 g/mol. The molecule has 22 heteroatoms. The van der Waals surface area contributed by atoms with Crippen molar-refractivity contribution in [2.45, 2.75) is 27.5 Å². The van der Waals surface area contributed by atoms with Crippen molar-refractivity contribution in [3.63, 3.8) is 0 Å². The summed E-state index contributed by atoms with van der Waals surface area (Å²) in [5.74, 6) is -1.11. The van der Waals surface area contributed by atoms with Crippen molar-refractivity contribution in [1.29, 1.82) is 0 Å². The number of aromatic nitrogens is 3. The van der Waals surface area contributed by atoms with Crippen LogP contribution in [0.15, 0.2) is 138 Å². The van der Waals surface area contributed by atoms with Gasteiger partial charge >= 0.3 is 5.97 Å². The van der Waals surface area contributed by atoms with Gasteiger partial charge in [0.15, 0.2) is 0 Å². The Morgan fingerprint density at radius 2 is 1.11 bits per heavy atom. The number of benzene rings is 5. The van der Waals surface area contributed by atoms with Gasteiger partial charge in [0.1, 0.15) is 28.0 Å². The van der Waals surface area contributed by atoms with Gasteiger partial charge in [0, 0.05) is 23.6 Å². The fourth-order valence-electron chi connectivity index (χ4n) is 5.42. The molecule has 6 aromatic rings. The van der Waals surface area contributed by atoms with E-state index in [1.54, 1.807) is 42.5 Å². The summed E-state index contributed by atoms with van der Waals surface area (Å²) in [4.78, 5) is 22.5. The lowest BCUT2D eigenvalue weighted by Crippen LogP contribution is -2.17. The van der Waals surface area contributed by atoms with E-state index in [1.807, 2.05) is 0 Å². The molecule has 0 amide bonds. The maximum Gasteiger partial charge on any atom is 0.322 e. The topological polar surface area (TPSA) is 301 Å². The zero-order valence-electron chi connectivity index (χ0n) is 28.9. The van der Waals surface area contributed by atoms with Crippen LogP contribution in [0.3, 0.4) is 0 Å². The first-order valence-corrected chi connectivity index (χ1v) is 20.5. The Hall–Kier alpha value is -6.43. The quantitative estimate of drug-likeness (QED) is 0.0596.